The first-order chi connectivity index (χ1) is 6.65. The second kappa shape index (κ2) is 4.58. The van der Waals surface area contributed by atoms with E-state index in [1.165, 1.54) is 6.08 Å². The van der Waals surface area contributed by atoms with Gasteiger partial charge in [-0.15, -0.1) is 0 Å². The Morgan fingerprint density at radius 2 is 2.21 bits per heavy atom. The highest BCUT2D eigenvalue weighted by atomic mass is 16.4. The number of benzene rings is 1. The lowest BCUT2D eigenvalue weighted by Crippen LogP contribution is -1.92. The van der Waals surface area contributed by atoms with Crippen molar-refractivity contribution in [3.05, 3.63) is 41.0 Å². The summed E-state index contributed by atoms with van der Waals surface area (Å²) < 4.78 is 0. The lowest BCUT2D eigenvalue weighted by atomic mass is 10.0. The molecule has 0 bridgehead atoms. The number of carboxylic acids is 1. The molecule has 74 valence electrons. The van der Waals surface area contributed by atoms with Gasteiger partial charge in [0.05, 0.1) is 6.61 Å². The van der Waals surface area contributed by atoms with Crippen molar-refractivity contribution >= 4 is 12.0 Å². The molecular formula is C11H12O3. The van der Waals surface area contributed by atoms with Crippen molar-refractivity contribution in [2.75, 3.05) is 0 Å². The SMILES string of the molecule is Cc1c(C=CC(=O)O)cccc1CO. The fourth-order valence-corrected chi connectivity index (χ4v) is 1.22. The molecule has 3 nitrogen and oxygen atoms in total. The van der Waals surface area contributed by atoms with Gasteiger partial charge in [-0.25, -0.2) is 4.79 Å². The van der Waals surface area contributed by atoms with Crippen LogP contribution in [0, 0.1) is 6.92 Å². The van der Waals surface area contributed by atoms with E-state index in [0.717, 1.165) is 22.8 Å². The van der Waals surface area contributed by atoms with Gasteiger partial charge in [0, 0.05) is 6.08 Å². The van der Waals surface area contributed by atoms with Crippen LogP contribution < -0.4 is 0 Å². The average molecular weight is 192 g/mol. The fraction of sp³-hybridized carbons (Fsp3) is 0.182. The van der Waals surface area contributed by atoms with Crippen LogP contribution in [0.3, 0.4) is 0 Å². The zero-order chi connectivity index (χ0) is 10.6. The zero-order valence-electron chi connectivity index (χ0n) is 7.90. The molecule has 0 aliphatic heterocycles. The molecule has 1 aromatic rings. The van der Waals surface area contributed by atoms with E-state index in [4.69, 9.17) is 10.2 Å². The van der Waals surface area contributed by atoms with E-state index in [0.29, 0.717) is 0 Å². The molecule has 14 heavy (non-hydrogen) atoms. The number of carboxylic acid groups (broad SMARTS) is 1. The second-order valence-corrected chi connectivity index (χ2v) is 2.96. The minimum Gasteiger partial charge on any atom is -0.478 e. The van der Waals surface area contributed by atoms with E-state index in [-0.39, 0.29) is 6.61 Å². The van der Waals surface area contributed by atoms with Crippen LogP contribution >= 0.6 is 0 Å². The molecule has 0 fully saturated rings. The Labute approximate surface area is 82.3 Å². The lowest BCUT2D eigenvalue weighted by molar-refractivity contribution is -0.131. The van der Waals surface area contributed by atoms with Crippen molar-refractivity contribution in [2.45, 2.75) is 13.5 Å². The summed E-state index contributed by atoms with van der Waals surface area (Å²) in [7, 11) is 0. The summed E-state index contributed by atoms with van der Waals surface area (Å²) in [6.45, 7) is 1.83. The number of aliphatic hydroxyl groups excluding tert-OH is 1. The summed E-state index contributed by atoms with van der Waals surface area (Å²) in [6, 6.07) is 5.42. The minimum atomic E-state index is -0.973. The molecule has 0 atom stereocenters. The monoisotopic (exact) mass is 192 g/mol. The first-order valence-electron chi connectivity index (χ1n) is 4.25. The maximum Gasteiger partial charge on any atom is 0.328 e. The standard InChI is InChI=1S/C11H12O3/c1-8-9(5-6-11(13)14)3-2-4-10(8)7-12/h2-6,12H,7H2,1H3,(H,13,14). The maximum atomic E-state index is 10.3. The van der Waals surface area contributed by atoms with Crippen LogP contribution in [0.15, 0.2) is 24.3 Å². The van der Waals surface area contributed by atoms with E-state index in [1.54, 1.807) is 6.07 Å². The van der Waals surface area contributed by atoms with Crippen LogP contribution in [0.1, 0.15) is 16.7 Å². The van der Waals surface area contributed by atoms with Gasteiger partial charge in [-0.3, -0.25) is 0 Å². The molecule has 0 amide bonds. The van der Waals surface area contributed by atoms with Gasteiger partial charge in [0.15, 0.2) is 0 Å². The Hall–Kier alpha value is -1.61. The molecular weight excluding hydrogens is 180 g/mol. The van der Waals surface area contributed by atoms with E-state index in [2.05, 4.69) is 0 Å². The van der Waals surface area contributed by atoms with Gasteiger partial charge in [0.2, 0.25) is 0 Å². The van der Waals surface area contributed by atoms with Gasteiger partial charge in [-0.05, 0) is 29.7 Å². The summed E-state index contributed by atoms with van der Waals surface area (Å²) >= 11 is 0. The summed E-state index contributed by atoms with van der Waals surface area (Å²) in [6.07, 6.45) is 2.61. The highest BCUT2D eigenvalue weighted by Crippen LogP contribution is 2.15. The van der Waals surface area contributed by atoms with E-state index < -0.39 is 5.97 Å². The summed E-state index contributed by atoms with van der Waals surface area (Å²) in [5.41, 5.74) is 2.55. The van der Waals surface area contributed by atoms with Gasteiger partial charge in [-0.2, -0.15) is 0 Å². The van der Waals surface area contributed by atoms with Crippen molar-refractivity contribution < 1.29 is 15.0 Å². The summed E-state index contributed by atoms with van der Waals surface area (Å²) in [5, 5.41) is 17.4. The number of hydrogen-bond acceptors (Lipinski definition) is 2. The normalized spacial score (nSPS) is 10.7. The van der Waals surface area contributed by atoms with Crippen molar-refractivity contribution in [1.82, 2.24) is 0 Å². The smallest absolute Gasteiger partial charge is 0.328 e. The summed E-state index contributed by atoms with van der Waals surface area (Å²) in [4.78, 5) is 10.3. The highest BCUT2D eigenvalue weighted by Gasteiger charge is 2.00. The van der Waals surface area contributed by atoms with Crippen molar-refractivity contribution in [3.63, 3.8) is 0 Å². The number of aliphatic hydroxyl groups is 1. The van der Waals surface area contributed by atoms with Crippen molar-refractivity contribution in [1.29, 1.82) is 0 Å². The molecule has 0 heterocycles. The first-order valence-corrected chi connectivity index (χ1v) is 4.25. The van der Waals surface area contributed by atoms with Crippen molar-refractivity contribution in [2.24, 2.45) is 0 Å². The zero-order valence-corrected chi connectivity index (χ0v) is 7.90. The van der Waals surface area contributed by atoms with Crippen LogP contribution in [0.4, 0.5) is 0 Å². The number of carbonyl (C=O) groups is 1. The van der Waals surface area contributed by atoms with Gasteiger partial charge in [0.25, 0.3) is 0 Å². The molecule has 1 aromatic carbocycles. The number of rotatable bonds is 3. The average Bonchev–Trinajstić information content (AvgIpc) is 2.16. The fourth-order valence-electron chi connectivity index (χ4n) is 1.22. The Balaban J connectivity index is 3.03. The maximum absolute atomic E-state index is 10.3. The van der Waals surface area contributed by atoms with Crippen LogP contribution in [-0.4, -0.2) is 16.2 Å². The lowest BCUT2D eigenvalue weighted by Gasteiger charge is -2.04. The Bertz CT molecular complexity index is 367. The van der Waals surface area contributed by atoms with Crippen molar-refractivity contribution in [3.8, 4) is 0 Å². The molecule has 0 aromatic heterocycles. The largest absolute Gasteiger partial charge is 0.478 e. The topological polar surface area (TPSA) is 57.5 Å². The molecule has 0 radical (unpaired) electrons. The second-order valence-electron chi connectivity index (χ2n) is 2.96. The molecule has 2 N–H and O–H groups in total. The minimum absolute atomic E-state index is 0.0272. The number of hydrogen-bond donors (Lipinski definition) is 2. The van der Waals surface area contributed by atoms with Gasteiger partial charge < -0.3 is 10.2 Å². The molecule has 0 aliphatic rings. The third-order valence-electron chi connectivity index (χ3n) is 2.06. The predicted octanol–water partition coefficient (Wildman–Crippen LogP) is 1.59. The van der Waals surface area contributed by atoms with E-state index >= 15 is 0 Å². The quantitative estimate of drug-likeness (QED) is 0.715. The molecule has 0 saturated carbocycles. The first kappa shape index (κ1) is 10.5. The molecule has 0 unspecified atom stereocenters. The van der Waals surface area contributed by atoms with Gasteiger partial charge in [0.1, 0.15) is 0 Å². The van der Waals surface area contributed by atoms with Gasteiger partial charge in [-0.1, -0.05) is 18.2 Å². The Morgan fingerprint density at radius 3 is 2.79 bits per heavy atom. The third-order valence-corrected chi connectivity index (χ3v) is 2.06. The molecule has 1 rings (SSSR count). The van der Waals surface area contributed by atoms with Crippen LogP contribution in [-0.2, 0) is 11.4 Å². The summed E-state index contributed by atoms with van der Waals surface area (Å²) in [5.74, 6) is -0.973. The molecule has 0 spiro atoms. The Kier molecular flexibility index (Phi) is 3.42. The van der Waals surface area contributed by atoms with E-state index in [9.17, 15) is 4.79 Å². The third kappa shape index (κ3) is 2.44. The van der Waals surface area contributed by atoms with Crippen LogP contribution in [0.2, 0.25) is 0 Å². The molecule has 0 saturated heterocycles. The molecule has 0 aliphatic carbocycles. The highest BCUT2D eigenvalue weighted by molar-refractivity contribution is 5.85. The number of aliphatic carboxylic acids is 1. The molecule has 3 heteroatoms. The van der Waals surface area contributed by atoms with E-state index in [1.807, 2.05) is 19.1 Å². The van der Waals surface area contributed by atoms with Crippen LogP contribution in [0.25, 0.3) is 6.08 Å². The predicted molar refractivity (Wildman–Crippen MR) is 53.8 cm³/mol. The van der Waals surface area contributed by atoms with Crippen LogP contribution in [0.5, 0.6) is 0 Å². The van der Waals surface area contributed by atoms with Gasteiger partial charge >= 0.3 is 5.97 Å². The Morgan fingerprint density at radius 1 is 1.50 bits per heavy atom.